The summed E-state index contributed by atoms with van der Waals surface area (Å²) >= 11 is 0. The van der Waals surface area contributed by atoms with Crippen LogP contribution in [0.2, 0.25) is 0 Å². The standard InChI is InChI=1S/C26H27FO2/c1-3-5-25-26(29-25)17-28-22-13-10-20(11-14-22)23-15-12-21(16-24(23)27)19-8-6-18(4-2)7-9-19/h6-16,25-26H,3-5,17H2,1-2H3/t25-,26?/m0/s1. The number of hydrogen-bond acceptors (Lipinski definition) is 2. The van der Waals surface area contributed by atoms with E-state index in [9.17, 15) is 4.39 Å². The number of benzene rings is 3. The van der Waals surface area contributed by atoms with Gasteiger partial charge in [0.05, 0.1) is 6.10 Å². The number of aryl methyl sites for hydroxylation is 1. The van der Waals surface area contributed by atoms with Crippen LogP contribution in [0.25, 0.3) is 22.3 Å². The lowest BCUT2D eigenvalue weighted by atomic mass is 9.98. The second kappa shape index (κ2) is 8.79. The molecule has 0 radical (unpaired) electrons. The molecule has 0 aliphatic carbocycles. The van der Waals surface area contributed by atoms with Crippen LogP contribution in [0.5, 0.6) is 5.75 Å². The van der Waals surface area contributed by atoms with Crippen molar-refractivity contribution in [3.63, 3.8) is 0 Å². The number of ether oxygens (including phenoxy) is 2. The Morgan fingerprint density at radius 3 is 2.17 bits per heavy atom. The molecule has 1 heterocycles. The summed E-state index contributed by atoms with van der Waals surface area (Å²) in [5, 5.41) is 0. The van der Waals surface area contributed by atoms with Crippen molar-refractivity contribution in [2.75, 3.05) is 6.61 Å². The van der Waals surface area contributed by atoms with Crippen LogP contribution in [0.15, 0.2) is 66.7 Å². The fourth-order valence-corrected chi connectivity index (χ4v) is 3.63. The van der Waals surface area contributed by atoms with E-state index < -0.39 is 0 Å². The van der Waals surface area contributed by atoms with E-state index in [4.69, 9.17) is 9.47 Å². The molecule has 3 heteroatoms. The first-order valence-corrected chi connectivity index (χ1v) is 10.5. The van der Waals surface area contributed by atoms with Gasteiger partial charge in [0.1, 0.15) is 24.3 Å². The predicted molar refractivity (Wildman–Crippen MR) is 116 cm³/mol. The normalized spacial score (nSPS) is 17.9. The van der Waals surface area contributed by atoms with Gasteiger partial charge in [-0.2, -0.15) is 0 Å². The van der Waals surface area contributed by atoms with Crippen molar-refractivity contribution in [3.8, 4) is 28.0 Å². The second-order valence-electron chi connectivity index (χ2n) is 7.58. The van der Waals surface area contributed by atoms with Gasteiger partial charge in [0.2, 0.25) is 0 Å². The minimum atomic E-state index is -0.218. The van der Waals surface area contributed by atoms with E-state index in [1.54, 1.807) is 6.07 Å². The molecular weight excluding hydrogens is 363 g/mol. The average molecular weight is 390 g/mol. The van der Waals surface area contributed by atoms with Crippen LogP contribution in [0.4, 0.5) is 4.39 Å². The van der Waals surface area contributed by atoms with Gasteiger partial charge >= 0.3 is 0 Å². The number of hydrogen-bond donors (Lipinski definition) is 0. The Bertz CT molecular complexity index is 947. The van der Waals surface area contributed by atoms with Gasteiger partial charge in [-0.15, -0.1) is 0 Å². The molecule has 29 heavy (non-hydrogen) atoms. The molecule has 1 unspecified atom stereocenters. The maximum Gasteiger partial charge on any atom is 0.131 e. The van der Waals surface area contributed by atoms with Crippen LogP contribution in [0.1, 0.15) is 32.3 Å². The lowest BCUT2D eigenvalue weighted by molar-refractivity contribution is 0.259. The van der Waals surface area contributed by atoms with Gasteiger partial charge in [-0.3, -0.25) is 0 Å². The van der Waals surface area contributed by atoms with E-state index in [1.165, 1.54) is 5.56 Å². The van der Waals surface area contributed by atoms with E-state index in [2.05, 4.69) is 26.0 Å². The van der Waals surface area contributed by atoms with Crippen LogP contribution in [0.3, 0.4) is 0 Å². The summed E-state index contributed by atoms with van der Waals surface area (Å²) in [6.07, 6.45) is 3.78. The lowest BCUT2D eigenvalue weighted by Gasteiger charge is -2.09. The zero-order valence-electron chi connectivity index (χ0n) is 17.0. The first-order chi connectivity index (χ1) is 14.2. The summed E-state index contributed by atoms with van der Waals surface area (Å²) in [6, 6.07) is 21.3. The van der Waals surface area contributed by atoms with Gasteiger partial charge in [0.15, 0.2) is 0 Å². The fourth-order valence-electron chi connectivity index (χ4n) is 3.63. The highest BCUT2D eigenvalue weighted by Gasteiger charge is 2.38. The molecule has 0 amide bonds. The molecule has 1 aliphatic rings. The quantitative estimate of drug-likeness (QED) is 0.401. The Labute approximate surface area is 172 Å². The summed E-state index contributed by atoms with van der Waals surface area (Å²) in [5.41, 5.74) is 4.63. The van der Waals surface area contributed by atoms with E-state index in [0.717, 1.165) is 41.7 Å². The maximum absolute atomic E-state index is 14.8. The first-order valence-electron chi connectivity index (χ1n) is 10.5. The highest BCUT2D eigenvalue weighted by atomic mass is 19.1. The van der Waals surface area contributed by atoms with Crippen molar-refractivity contribution in [2.45, 2.75) is 45.3 Å². The first kappa shape index (κ1) is 19.7. The van der Waals surface area contributed by atoms with Crippen LogP contribution in [-0.4, -0.2) is 18.8 Å². The third-order valence-electron chi connectivity index (χ3n) is 5.51. The molecule has 3 aromatic rings. The molecule has 1 aliphatic heterocycles. The second-order valence-corrected chi connectivity index (χ2v) is 7.58. The smallest absolute Gasteiger partial charge is 0.131 e. The molecule has 150 valence electrons. The van der Waals surface area contributed by atoms with Crippen LogP contribution >= 0.6 is 0 Å². The largest absolute Gasteiger partial charge is 0.491 e. The molecule has 0 aromatic heterocycles. The van der Waals surface area contributed by atoms with Crippen molar-refractivity contribution in [1.29, 1.82) is 0 Å². The molecule has 1 fully saturated rings. The predicted octanol–water partition coefficient (Wildman–Crippen LogP) is 6.67. The minimum Gasteiger partial charge on any atom is -0.491 e. The molecule has 0 N–H and O–H groups in total. The van der Waals surface area contributed by atoms with Crippen LogP contribution < -0.4 is 4.74 Å². The van der Waals surface area contributed by atoms with Gasteiger partial charge in [-0.25, -0.2) is 4.39 Å². The summed E-state index contributed by atoms with van der Waals surface area (Å²) in [5.74, 6) is 0.567. The Balaban J connectivity index is 1.42. The summed E-state index contributed by atoms with van der Waals surface area (Å²) in [6.45, 7) is 4.86. The Morgan fingerprint density at radius 1 is 0.828 bits per heavy atom. The zero-order chi connectivity index (χ0) is 20.2. The SMILES string of the molecule is CCC[C@@H]1OC1COc1ccc(-c2ccc(-c3ccc(CC)cc3)cc2F)cc1. The van der Waals surface area contributed by atoms with Gasteiger partial charge in [0.25, 0.3) is 0 Å². The van der Waals surface area contributed by atoms with Crippen molar-refractivity contribution in [1.82, 2.24) is 0 Å². The third kappa shape index (κ3) is 4.68. The molecule has 3 aromatic carbocycles. The van der Waals surface area contributed by atoms with E-state index in [0.29, 0.717) is 18.3 Å². The topological polar surface area (TPSA) is 21.8 Å². The van der Waals surface area contributed by atoms with Crippen LogP contribution in [-0.2, 0) is 11.2 Å². The molecule has 2 atom stereocenters. The van der Waals surface area contributed by atoms with Gasteiger partial charge in [-0.1, -0.05) is 68.8 Å². The van der Waals surface area contributed by atoms with Crippen molar-refractivity contribution >= 4 is 0 Å². The van der Waals surface area contributed by atoms with E-state index in [-0.39, 0.29) is 11.9 Å². The lowest BCUT2D eigenvalue weighted by Crippen LogP contribution is -2.07. The van der Waals surface area contributed by atoms with Gasteiger partial charge in [-0.05, 0) is 53.3 Å². The summed E-state index contributed by atoms with van der Waals surface area (Å²) < 4.78 is 26.2. The Morgan fingerprint density at radius 2 is 1.52 bits per heavy atom. The van der Waals surface area contributed by atoms with Crippen molar-refractivity contribution in [2.24, 2.45) is 0 Å². The molecule has 1 saturated heterocycles. The number of rotatable bonds is 8. The van der Waals surface area contributed by atoms with E-state index in [1.807, 2.05) is 48.5 Å². The van der Waals surface area contributed by atoms with E-state index >= 15 is 0 Å². The maximum atomic E-state index is 14.8. The summed E-state index contributed by atoms with van der Waals surface area (Å²) in [7, 11) is 0. The monoisotopic (exact) mass is 390 g/mol. The molecule has 0 spiro atoms. The molecular formula is C26H27FO2. The van der Waals surface area contributed by atoms with Crippen LogP contribution in [0, 0.1) is 5.82 Å². The Hall–Kier alpha value is -2.65. The molecule has 2 nitrogen and oxygen atoms in total. The average Bonchev–Trinajstić information content (AvgIpc) is 3.51. The van der Waals surface area contributed by atoms with Gasteiger partial charge < -0.3 is 9.47 Å². The highest BCUT2D eigenvalue weighted by molar-refractivity contribution is 5.71. The van der Waals surface area contributed by atoms with Crippen molar-refractivity contribution in [3.05, 3.63) is 78.1 Å². The van der Waals surface area contributed by atoms with Crippen molar-refractivity contribution < 1.29 is 13.9 Å². The number of halogens is 1. The zero-order valence-corrected chi connectivity index (χ0v) is 17.0. The molecule has 0 bridgehead atoms. The fraction of sp³-hybridized carbons (Fsp3) is 0.308. The number of epoxide rings is 1. The van der Waals surface area contributed by atoms with Gasteiger partial charge in [0, 0.05) is 5.56 Å². The Kier molecular flexibility index (Phi) is 5.96. The minimum absolute atomic E-state index is 0.214. The highest BCUT2D eigenvalue weighted by Crippen LogP contribution is 2.30. The molecule has 4 rings (SSSR count). The third-order valence-corrected chi connectivity index (χ3v) is 5.51. The summed E-state index contributed by atoms with van der Waals surface area (Å²) in [4.78, 5) is 0. The molecule has 0 saturated carbocycles.